The molecule has 0 aliphatic heterocycles. The molecule has 0 radical (unpaired) electrons. The predicted octanol–water partition coefficient (Wildman–Crippen LogP) is 2.75. The zero-order chi connectivity index (χ0) is 19.0. The highest BCUT2D eigenvalue weighted by Gasteiger charge is 2.55. The van der Waals surface area contributed by atoms with Gasteiger partial charge in [0.25, 0.3) is 0 Å². The Bertz CT molecular complexity index is 679. The third-order valence-corrected chi connectivity index (χ3v) is 3.82. The van der Waals surface area contributed by atoms with Crippen LogP contribution in [0, 0.1) is 0 Å². The van der Waals surface area contributed by atoms with Gasteiger partial charge < -0.3 is 15.2 Å². The van der Waals surface area contributed by atoms with Crippen LogP contribution in [-0.2, 0) is 15.0 Å². The van der Waals surface area contributed by atoms with E-state index in [1.807, 2.05) is 0 Å². The molecule has 1 aromatic rings. The van der Waals surface area contributed by atoms with Crippen LogP contribution in [0.1, 0.15) is 18.4 Å². The maximum atomic E-state index is 12.5. The van der Waals surface area contributed by atoms with Crippen LogP contribution in [-0.4, -0.2) is 35.6 Å². The Kier molecular flexibility index (Phi) is 4.62. The van der Waals surface area contributed by atoms with E-state index < -0.39 is 54.5 Å². The minimum atomic E-state index is -5.14. The highest BCUT2D eigenvalue weighted by atomic mass is 19.4. The summed E-state index contributed by atoms with van der Waals surface area (Å²) in [5.41, 5.74) is -2.21. The maximum Gasteiger partial charge on any atom is 0.573 e. The second kappa shape index (κ2) is 6.12. The molecule has 25 heavy (non-hydrogen) atoms. The Morgan fingerprint density at radius 3 is 2.16 bits per heavy atom. The summed E-state index contributed by atoms with van der Waals surface area (Å²) >= 11 is 0. The van der Waals surface area contributed by atoms with Crippen molar-refractivity contribution in [1.29, 1.82) is 0 Å². The van der Waals surface area contributed by atoms with Crippen LogP contribution in [0.5, 0.6) is 5.75 Å². The number of rotatable bonds is 4. The highest BCUT2D eigenvalue weighted by Crippen LogP contribution is 2.48. The number of carbonyl (C=O) groups excluding carboxylic acids is 1. The van der Waals surface area contributed by atoms with E-state index in [0.29, 0.717) is 0 Å². The van der Waals surface area contributed by atoms with Gasteiger partial charge in [-0.05, 0) is 18.9 Å². The fourth-order valence-corrected chi connectivity index (χ4v) is 2.74. The molecule has 138 valence electrons. The summed E-state index contributed by atoms with van der Waals surface area (Å²) in [6.45, 7) is 0. The van der Waals surface area contributed by atoms with Gasteiger partial charge in [-0.1, -0.05) is 18.2 Å². The van der Waals surface area contributed by atoms with Gasteiger partial charge in [0.15, 0.2) is 0 Å². The summed E-state index contributed by atoms with van der Waals surface area (Å²) in [5, 5.41) is 11.0. The van der Waals surface area contributed by atoms with Crippen molar-refractivity contribution < 1.29 is 45.8 Å². The lowest BCUT2D eigenvalue weighted by Crippen LogP contribution is -2.58. The second-order valence-electron chi connectivity index (χ2n) is 5.51. The molecular weight excluding hydrogens is 360 g/mol. The minimum absolute atomic E-state index is 0.322. The first-order valence-corrected chi connectivity index (χ1v) is 6.81. The van der Waals surface area contributed by atoms with Gasteiger partial charge in [0.2, 0.25) is 0 Å². The molecule has 1 amide bonds. The molecule has 0 bridgehead atoms. The standard InChI is InChI=1S/C14H11F6NO4/c15-13(16,17)10(22)21-7-5-12(6-7,11(23)24)8-3-1-2-4-9(8)25-14(18,19)20/h1-4,7H,5-6H2,(H,21,22)(H,23,24). The zero-order valence-corrected chi connectivity index (χ0v) is 12.2. The molecule has 0 heterocycles. The van der Waals surface area contributed by atoms with Gasteiger partial charge in [0.1, 0.15) is 11.2 Å². The third kappa shape index (κ3) is 3.97. The van der Waals surface area contributed by atoms with E-state index in [2.05, 4.69) is 4.74 Å². The van der Waals surface area contributed by atoms with Crippen molar-refractivity contribution in [3.8, 4) is 5.75 Å². The molecule has 1 fully saturated rings. The average molecular weight is 371 g/mol. The van der Waals surface area contributed by atoms with E-state index in [9.17, 15) is 41.0 Å². The molecule has 1 aliphatic rings. The number of carbonyl (C=O) groups is 2. The zero-order valence-electron chi connectivity index (χ0n) is 12.2. The topological polar surface area (TPSA) is 75.6 Å². The third-order valence-electron chi connectivity index (χ3n) is 3.82. The lowest BCUT2D eigenvalue weighted by molar-refractivity contribution is -0.275. The molecule has 0 spiro atoms. The summed E-state index contributed by atoms with van der Waals surface area (Å²) in [6.07, 6.45) is -11.2. The number of hydrogen-bond acceptors (Lipinski definition) is 3. The summed E-state index contributed by atoms with van der Waals surface area (Å²) in [6, 6.07) is 3.35. The Labute approximate surface area is 136 Å². The van der Waals surface area contributed by atoms with Gasteiger partial charge in [-0.25, -0.2) is 0 Å². The van der Waals surface area contributed by atoms with E-state index in [1.54, 1.807) is 5.32 Å². The number of ether oxygens (including phenoxy) is 1. The van der Waals surface area contributed by atoms with E-state index >= 15 is 0 Å². The van der Waals surface area contributed by atoms with Gasteiger partial charge in [0.05, 0.1) is 0 Å². The largest absolute Gasteiger partial charge is 0.573 e. The molecule has 1 saturated carbocycles. The SMILES string of the molecule is O=C(NC1CC(C(=O)O)(c2ccccc2OC(F)(F)F)C1)C(F)(F)F. The molecule has 0 atom stereocenters. The Balaban J connectivity index is 2.25. The van der Waals surface area contributed by atoms with Gasteiger partial charge in [0, 0.05) is 11.6 Å². The van der Waals surface area contributed by atoms with Gasteiger partial charge in [-0.3, -0.25) is 9.59 Å². The Morgan fingerprint density at radius 1 is 1.12 bits per heavy atom. The number of aliphatic carboxylic acids is 1. The average Bonchev–Trinajstić information content (AvgIpc) is 2.39. The predicted molar refractivity (Wildman–Crippen MR) is 69.7 cm³/mol. The molecule has 1 aliphatic carbocycles. The lowest BCUT2D eigenvalue weighted by Gasteiger charge is -2.45. The quantitative estimate of drug-likeness (QED) is 0.799. The second-order valence-corrected chi connectivity index (χ2v) is 5.51. The van der Waals surface area contributed by atoms with Crippen LogP contribution in [0.25, 0.3) is 0 Å². The van der Waals surface area contributed by atoms with Gasteiger partial charge in [-0.15, -0.1) is 13.2 Å². The number of nitrogens with one attached hydrogen (secondary N) is 1. The van der Waals surface area contributed by atoms with Gasteiger partial charge >= 0.3 is 24.4 Å². The molecular formula is C14H11F6NO4. The van der Waals surface area contributed by atoms with Crippen molar-refractivity contribution in [1.82, 2.24) is 5.32 Å². The number of carboxylic acids is 1. The molecule has 11 heteroatoms. The fourth-order valence-electron chi connectivity index (χ4n) is 2.74. The van der Waals surface area contributed by atoms with Crippen molar-refractivity contribution in [2.24, 2.45) is 0 Å². The molecule has 2 rings (SSSR count). The van der Waals surface area contributed by atoms with Crippen LogP contribution in [0.15, 0.2) is 24.3 Å². The number of alkyl halides is 6. The number of carboxylic acid groups (broad SMARTS) is 1. The molecule has 1 aromatic carbocycles. The lowest BCUT2D eigenvalue weighted by atomic mass is 9.61. The molecule has 0 aromatic heterocycles. The number of amides is 1. The summed E-state index contributed by atoms with van der Waals surface area (Å²) in [7, 11) is 0. The van der Waals surface area contributed by atoms with Crippen molar-refractivity contribution >= 4 is 11.9 Å². The van der Waals surface area contributed by atoms with Crippen molar-refractivity contribution in [3.63, 3.8) is 0 Å². The van der Waals surface area contributed by atoms with E-state index in [-0.39, 0.29) is 5.56 Å². The fraction of sp³-hybridized carbons (Fsp3) is 0.429. The van der Waals surface area contributed by atoms with Crippen molar-refractivity contribution in [2.45, 2.75) is 36.8 Å². The first-order valence-electron chi connectivity index (χ1n) is 6.81. The number of halogens is 6. The minimum Gasteiger partial charge on any atom is -0.481 e. The van der Waals surface area contributed by atoms with E-state index in [4.69, 9.17) is 0 Å². The Morgan fingerprint density at radius 2 is 1.68 bits per heavy atom. The maximum absolute atomic E-state index is 12.5. The number of para-hydroxylation sites is 1. The molecule has 2 N–H and O–H groups in total. The molecule has 0 saturated heterocycles. The molecule has 5 nitrogen and oxygen atoms in total. The summed E-state index contributed by atoms with van der Waals surface area (Å²) in [5.74, 6) is -4.52. The Hall–Kier alpha value is -2.46. The van der Waals surface area contributed by atoms with E-state index in [1.165, 1.54) is 12.1 Å². The van der Waals surface area contributed by atoms with Crippen LogP contribution in [0.2, 0.25) is 0 Å². The summed E-state index contributed by atoms with van der Waals surface area (Å²) < 4.78 is 77.8. The van der Waals surface area contributed by atoms with Crippen LogP contribution < -0.4 is 10.1 Å². The normalized spacial score (nSPS) is 23.5. The highest BCUT2D eigenvalue weighted by molar-refractivity contribution is 5.86. The first kappa shape index (κ1) is 18.9. The molecule has 0 unspecified atom stereocenters. The number of hydrogen-bond donors (Lipinski definition) is 2. The van der Waals surface area contributed by atoms with Crippen molar-refractivity contribution in [3.05, 3.63) is 29.8 Å². The number of benzene rings is 1. The van der Waals surface area contributed by atoms with E-state index in [0.717, 1.165) is 12.1 Å². The smallest absolute Gasteiger partial charge is 0.481 e. The van der Waals surface area contributed by atoms with Crippen LogP contribution in [0.4, 0.5) is 26.3 Å². The summed E-state index contributed by atoms with van der Waals surface area (Å²) in [4.78, 5) is 22.5. The first-order chi connectivity index (χ1) is 11.3. The van der Waals surface area contributed by atoms with Gasteiger partial charge in [-0.2, -0.15) is 13.2 Å². The van der Waals surface area contributed by atoms with Crippen molar-refractivity contribution in [2.75, 3.05) is 0 Å². The van der Waals surface area contributed by atoms with Crippen LogP contribution in [0.3, 0.4) is 0 Å². The monoisotopic (exact) mass is 371 g/mol. The van der Waals surface area contributed by atoms with Crippen LogP contribution >= 0.6 is 0 Å².